The molecule has 0 N–H and O–H groups in total. The molecule has 0 rings (SSSR count). The molecule has 6 heavy (non-hydrogen) atoms. The fraction of sp³-hybridized carbons (Fsp3) is 0.250. The van der Waals surface area contributed by atoms with Crippen LogP contribution in [-0.2, 0) is 9.59 Å². The highest BCUT2D eigenvalue weighted by Crippen LogP contribution is 1.48. The second-order valence-electron chi connectivity index (χ2n) is 0.658. The van der Waals surface area contributed by atoms with Crippen LogP contribution >= 0.6 is 0 Å². The third kappa shape index (κ3) is 10.2. The maximum absolute atomic E-state index is 9.39. The Hall–Kier alpha value is -0.660. The van der Waals surface area contributed by atoms with Crippen molar-refractivity contribution in [1.29, 1.82) is 0 Å². The van der Waals surface area contributed by atoms with Crippen LogP contribution in [0.3, 0.4) is 0 Å². The predicted molar refractivity (Wildman–Crippen MR) is 22.8 cm³/mol. The highest BCUT2D eigenvalue weighted by Gasteiger charge is 1.79. The largest absolute Gasteiger partial charge is 0.291 e. The molecule has 0 unspecified atom stereocenters. The molecule has 2 nitrogen and oxygen atoms in total. The lowest BCUT2D eigenvalue weighted by molar-refractivity contribution is -0.111. The maximum Gasteiger partial charge on any atom is 0.271 e. The summed E-state index contributed by atoms with van der Waals surface area (Å²) in [5.41, 5.74) is 0. The Morgan fingerprint density at radius 1 is 1.67 bits per heavy atom. The molecule has 0 aromatic carbocycles. The normalized spacial score (nSPS) is 5.50. The van der Waals surface area contributed by atoms with Crippen LogP contribution in [0.4, 0.5) is 0 Å². The Kier molecular flexibility index (Phi) is 6.52. The number of ketones is 1. The van der Waals surface area contributed by atoms with Crippen LogP contribution < -0.4 is 0 Å². The number of carbonyl (C=O) groups excluding carboxylic acids is 2. The van der Waals surface area contributed by atoms with Gasteiger partial charge < -0.3 is 0 Å². The summed E-state index contributed by atoms with van der Waals surface area (Å²) in [4.78, 5) is 18.4. The molecule has 0 atom stereocenters. The lowest BCUT2D eigenvalue weighted by Crippen LogP contribution is -1.85. The molecule has 0 saturated carbocycles. The third-order valence-electron chi connectivity index (χ3n) is 0.144. The first-order valence-electron chi connectivity index (χ1n) is 1.16. The van der Waals surface area contributed by atoms with Crippen molar-refractivity contribution in [2.45, 2.75) is 6.92 Å². The van der Waals surface area contributed by atoms with Gasteiger partial charge in [0.05, 0.1) is 0 Å². The van der Waals surface area contributed by atoms with Gasteiger partial charge in [0.1, 0.15) is 0 Å². The monoisotopic (exact) mass is 86.0 g/mol. The summed E-state index contributed by atoms with van der Waals surface area (Å²) in [5, 5.41) is 0. The Morgan fingerprint density at radius 3 is 1.83 bits per heavy atom. The van der Waals surface area contributed by atoms with Crippen LogP contribution in [0.5, 0.6) is 0 Å². The number of hydrogen-bond donors (Lipinski definition) is 0. The molecule has 0 fully saturated rings. The van der Waals surface area contributed by atoms with E-state index in [1.807, 2.05) is 0 Å². The average Bonchev–Trinajstić information content (AvgIpc) is 1.38. The van der Waals surface area contributed by atoms with E-state index in [1.54, 1.807) is 0 Å². The van der Waals surface area contributed by atoms with E-state index in [-0.39, 0.29) is 7.43 Å². The Labute approximate surface area is 37.2 Å². The molecular formula is C4H6O2. The molecule has 0 bridgehead atoms. The van der Waals surface area contributed by atoms with Gasteiger partial charge in [0.15, 0.2) is 0 Å². The summed E-state index contributed by atoms with van der Waals surface area (Å²) < 4.78 is 0. The van der Waals surface area contributed by atoms with E-state index in [2.05, 4.69) is 0 Å². The van der Waals surface area contributed by atoms with Gasteiger partial charge in [-0.2, -0.15) is 0 Å². The molecule has 0 saturated heterocycles. The fourth-order valence-corrected chi connectivity index (χ4v) is 0. The van der Waals surface area contributed by atoms with Crippen molar-refractivity contribution in [3.8, 4) is 0 Å². The van der Waals surface area contributed by atoms with Gasteiger partial charge >= 0.3 is 0 Å². The fourth-order valence-electron chi connectivity index (χ4n) is 0. The van der Waals surface area contributed by atoms with Crippen LogP contribution in [0.2, 0.25) is 0 Å². The Bertz CT molecular complexity index is 56.6. The van der Waals surface area contributed by atoms with Gasteiger partial charge in [-0.15, -0.1) is 0 Å². The molecule has 0 aliphatic rings. The highest BCUT2D eigenvalue weighted by atomic mass is 16.2. The SMILES string of the molecule is CC(=O)[C]=O.[CH3]. The number of hydrogen-bond acceptors (Lipinski definition) is 2. The molecule has 0 amide bonds. The van der Waals surface area contributed by atoms with E-state index < -0.39 is 5.78 Å². The third-order valence-corrected chi connectivity index (χ3v) is 0.144. The lowest BCUT2D eigenvalue weighted by Gasteiger charge is -1.54. The smallest absolute Gasteiger partial charge is 0.271 e. The molecular weight excluding hydrogens is 80.0 g/mol. The van der Waals surface area contributed by atoms with E-state index in [9.17, 15) is 4.79 Å². The van der Waals surface area contributed by atoms with E-state index in [4.69, 9.17) is 4.79 Å². The second-order valence-corrected chi connectivity index (χ2v) is 0.658. The first-order chi connectivity index (χ1) is 2.27. The Balaban J connectivity index is 0. The number of carbonyl (C=O) groups is 1. The quantitative estimate of drug-likeness (QED) is 0.425. The van der Waals surface area contributed by atoms with E-state index in [0.717, 1.165) is 13.2 Å². The van der Waals surface area contributed by atoms with Crippen molar-refractivity contribution in [2.24, 2.45) is 0 Å². The summed E-state index contributed by atoms with van der Waals surface area (Å²) in [6.45, 7) is 1.16. The topological polar surface area (TPSA) is 34.1 Å². The minimum atomic E-state index is -0.551. The van der Waals surface area contributed by atoms with Gasteiger partial charge in [-0.05, 0) is 0 Å². The van der Waals surface area contributed by atoms with Crippen LogP contribution in [0.25, 0.3) is 0 Å². The molecule has 2 heteroatoms. The van der Waals surface area contributed by atoms with Gasteiger partial charge in [-0.3, -0.25) is 9.59 Å². The van der Waals surface area contributed by atoms with Crippen molar-refractivity contribution in [1.82, 2.24) is 0 Å². The van der Waals surface area contributed by atoms with Crippen molar-refractivity contribution < 1.29 is 9.59 Å². The van der Waals surface area contributed by atoms with Crippen molar-refractivity contribution >= 4 is 12.1 Å². The predicted octanol–water partition coefficient (Wildman–Crippen LogP) is 0.135. The second kappa shape index (κ2) is 4.34. The van der Waals surface area contributed by atoms with E-state index in [1.165, 1.54) is 0 Å². The molecule has 0 aliphatic heterocycles. The highest BCUT2D eigenvalue weighted by molar-refractivity contribution is 6.24. The number of rotatable bonds is 1. The number of Topliss-reactive ketones (excluding diaryl/α,β-unsaturated/α-hetero) is 1. The summed E-state index contributed by atoms with van der Waals surface area (Å²) >= 11 is 0. The first-order valence-corrected chi connectivity index (χ1v) is 1.16. The standard InChI is InChI=1S/C3H3O2.CH3/c1-3(5)2-4;/h1H3;1H3. The summed E-state index contributed by atoms with van der Waals surface area (Å²) in [6.07, 6.45) is 1.14. The molecule has 0 heterocycles. The Morgan fingerprint density at radius 2 is 1.83 bits per heavy atom. The van der Waals surface area contributed by atoms with Gasteiger partial charge in [-0.1, -0.05) is 7.43 Å². The summed E-state index contributed by atoms with van der Waals surface area (Å²) in [7, 11) is 0. The van der Waals surface area contributed by atoms with Crippen LogP contribution in [0, 0.1) is 7.43 Å². The summed E-state index contributed by atoms with van der Waals surface area (Å²) in [6, 6.07) is 0. The molecule has 0 aliphatic carbocycles. The zero-order valence-corrected chi connectivity index (χ0v) is 3.82. The zero-order valence-electron chi connectivity index (χ0n) is 3.82. The van der Waals surface area contributed by atoms with Gasteiger partial charge in [0, 0.05) is 6.92 Å². The lowest BCUT2D eigenvalue weighted by atomic mass is 10.5. The molecule has 34 valence electrons. The van der Waals surface area contributed by atoms with Crippen molar-refractivity contribution in [3.05, 3.63) is 7.43 Å². The van der Waals surface area contributed by atoms with Gasteiger partial charge in [-0.25, -0.2) is 0 Å². The van der Waals surface area contributed by atoms with E-state index >= 15 is 0 Å². The molecule has 0 aromatic heterocycles. The van der Waals surface area contributed by atoms with E-state index in [0.29, 0.717) is 0 Å². The first kappa shape index (κ1) is 9.02. The zero-order chi connectivity index (χ0) is 4.28. The molecule has 2 radical (unpaired) electrons. The average molecular weight is 86.1 g/mol. The minimum absolute atomic E-state index is 0. The van der Waals surface area contributed by atoms with Crippen molar-refractivity contribution in [2.75, 3.05) is 0 Å². The van der Waals surface area contributed by atoms with Gasteiger partial charge in [0.2, 0.25) is 5.78 Å². The molecule has 0 aromatic rings. The maximum atomic E-state index is 9.39. The van der Waals surface area contributed by atoms with Gasteiger partial charge in [0.25, 0.3) is 6.29 Å². The van der Waals surface area contributed by atoms with Crippen LogP contribution in [0.15, 0.2) is 0 Å². The molecule has 0 spiro atoms. The van der Waals surface area contributed by atoms with Crippen LogP contribution in [-0.4, -0.2) is 12.1 Å². The summed E-state index contributed by atoms with van der Waals surface area (Å²) in [5.74, 6) is -0.551. The van der Waals surface area contributed by atoms with Crippen molar-refractivity contribution in [3.63, 3.8) is 0 Å². The van der Waals surface area contributed by atoms with Crippen LogP contribution in [0.1, 0.15) is 6.92 Å². The minimum Gasteiger partial charge on any atom is -0.291 e.